The van der Waals surface area contributed by atoms with Crippen molar-refractivity contribution in [1.29, 1.82) is 0 Å². The second kappa shape index (κ2) is 4.90. The van der Waals surface area contributed by atoms with E-state index in [0.29, 0.717) is 11.3 Å². The molecule has 0 aromatic carbocycles. The summed E-state index contributed by atoms with van der Waals surface area (Å²) in [7, 11) is 0. The van der Waals surface area contributed by atoms with Gasteiger partial charge in [0.2, 0.25) is 0 Å². The first-order valence-electron chi connectivity index (χ1n) is 5.81. The van der Waals surface area contributed by atoms with Crippen molar-refractivity contribution < 1.29 is 8.78 Å². The number of halogens is 3. The van der Waals surface area contributed by atoms with E-state index >= 15 is 0 Å². The van der Waals surface area contributed by atoms with Crippen LogP contribution < -0.4 is 0 Å². The molecule has 3 rings (SSSR count). The zero-order chi connectivity index (χ0) is 14.3. The number of rotatable bonds is 2. The van der Waals surface area contributed by atoms with E-state index < -0.39 is 6.43 Å². The van der Waals surface area contributed by atoms with Crippen LogP contribution in [-0.2, 0) is 0 Å². The molecule has 0 radical (unpaired) electrons. The van der Waals surface area contributed by atoms with Crippen LogP contribution in [-0.4, -0.2) is 19.6 Å². The molecular weight excluding hydrogens is 330 g/mol. The molecule has 0 aliphatic heterocycles. The van der Waals surface area contributed by atoms with Crippen molar-refractivity contribution in [2.24, 2.45) is 0 Å². The monoisotopic (exact) mass is 338 g/mol. The van der Waals surface area contributed by atoms with Gasteiger partial charge in [-0.05, 0) is 41.1 Å². The van der Waals surface area contributed by atoms with Crippen LogP contribution in [0.15, 0.2) is 35.1 Å². The highest BCUT2D eigenvalue weighted by molar-refractivity contribution is 9.10. The quantitative estimate of drug-likeness (QED) is 0.713. The van der Waals surface area contributed by atoms with Gasteiger partial charge in [-0.3, -0.25) is 4.98 Å². The maximum absolute atomic E-state index is 12.8. The third-order valence-electron chi connectivity index (χ3n) is 2.94. The van der Waals surface area contributed by atoms with Crippen LogP contribution in [0.2, 0.25) is 0 Å². The van der Waals surface area contributed by atoms with E-state index in [0.717, 1.165) is 15.7 Å². The summed E-state index contributed by atoms with van der Waals surface area (Å²) in [5, 5.41) is 3.94. The van der Waals surface area contributed by atoms with Gasteiger partial charge in [-0.2, -0.15) is 5.10 Å². The van der Waals surface area contributed by atoms with Crippen LogP contribution in [0.25, 0.3) is 16.9 Å². The maximum Gasteiger partial charge on any atom is 0.282 e. The number of aromatic nitrogens is 4. The highest BCUT2D eigenvalue weighted by atomic mass is 79.9. The van der Waals surface area contributed by atoms with Crippen LogP contribution in [0.4, 0.5) is 8.78 Å². The van der Waals surface area contributed by atoms with Crippen LogP contribution in [0, 0.1) is 6.92 Å². The standard InChI is InChI=1S/C13H9BrF2N4/c1-7-9(4-8(14)5-17-7)11-6-18-12-3-2-10(13(15)16)19-20(11)12/h2-6,13H,1H3. The fraction of sp³-hybridized carbons (Fsp3) is 0.154. The lowest BCUT2D eigenvalue weighted by Crippen LogP contribution is -2.00. The number of nitrogens with zero attached hydrogens (tertiary/aromatic N) is 4. The molecule has 0 saturated carbocycles. The number of imidazole rings is 1. The minimum Gasteiger partial charge on any atom is -0.260 e. The van der Waals surface area contributed by atoms with Gasteiger partial charge in [0, 0.05) is 21.9 Å². The van der Waals surface area contributed by atoms with Crippen molar-refractivity contribution in [3.8, 4) is 11.3 Å². The van der Waals surface area contributed by atoms with Gasteiger partial charge in [0.05, 0.1) is 11.9 Å². The predicted molar refractivity (Wildman–Crippen MR) is 73.6 cm³/mol. The normalized spacial score (nSPS) is 11.4. The molecule has 0 atom stereocenters. The summed E-state index contributed by atoms with van der Waals surface area (Å²) in [4.78, 5) is 8.41. The average Bonchev–Trinajstić information content (AvgIpc) is 2.84. The first-order valence-corrected chi connectivity index (χ1v) is 6.61. The highest BCUT2D eigenvalue weighted by Gasteiger charge is 2.14. The molecule has 0 unspecified atom stereocenters. The summed E-state index contributed by atoms with van der Waals surface area (Å²) in [5.74, 6) is 0. The smallest absolute Gasteiger partial charge is 0.260 e. The molecule has 3 aromatic heterocycles. The van der Waals surface area contributed by atoms with E-state index in [4.69, 9.17) is 0 Å². The molecule has 4 nitrogen and oxygen atoms in total. The SMILES string of the molecule is Cc1ncc(Br)cc1-c1cnc2ccc(C(F)F)nn12. The molecule has 0 aliphatic rings. The van der Waals surface area contributed by atoms with Gasteiger partial charge in [0.15, 0.2) is 5.65 Å². The van der Waals surface area contributed by atoms with Crippen molar-refractivity contribution in [2.75, 3.05) is 0 Å². The lowest BCUT2D eigenvalue weighted by Gasteiger charge is -2.06. The first-order chi connectivity index (χ1) is 9.56. The molecule has 0 aliphatic carbocycles. The van der Waals surface area contributed by atoms with Crippen molar-refractivity contribution in [1.82, 2.24) is 19.6 Å². The van der Waals surface area contributed by atoms with E-state index in [1.165, 1.54) is 16.6 Å². The van der Waals surface area contributed by atoms with Gasteiger partial charge in [-0.15, -0.1) is 0 Å². The molecule has 102 valence electrons. The van der Waals surface area contributed by atoms with E-state index in [2.05, 4.69) is 31.0 Å². The van der Waals surface area contributed by atoms with Gasteiger partial charge in [-0.1, -0.05) is 0 Å². The Morgan fingerprint density at radius 1 is 1.20 bits per heavy atom. The van der Waals surface area contributed by atoms with Crippen LogP contribution in [0.5, 0.6) is 0 Å². The molecule has 3 aromatic rings. The van der Waals surface area contributed by atoms with E-state index in [1.807, 2.05) is 13.0 Å². The Morgan fingerprint density at radius 2 is 2.00 bits per heavy atom. The fourth-order valence-corrected chi connectivity index (χ4v) is 2.29. The molecule has 0 fully saturated rings. The second-order valence-corrected chi connectivity index (χ2v) is 5.17. The van der Waals surface area contributed by atoms with Gasteiger partial charge < -0.3 is 0 Å². The van der Waals surface area contributed by atoms with E-state index in [-0.39, 0.29) is 5.69 Å². The summed E-state index contributed by atoms with van der Waals surface area (Å²) in [6.45, 7) is 1.85. The van der Waals surface area contributed by atoms with Crippen molar-refractivity contribution in [2.45, 2.75) is 13.3 Å². The Bertz CT molecular complexity index is 785. The zero-order valence-electron chi connectivity index (χ0n) is 10.4. The average molecular weight is 339 g/mol. The molecule has 0 spiro atoms. The third kappa shape index (κ3) is 2.18. The Kier molecular flexibility index (Phi) is 3.21. The van der Waals surface area contributed by atoms with Gasteiger partial charge >= 0.3 is 0 Å². The highest BCUT2D eigenvalue weighted by Crippen LogP contribution is 2.26. The van der Waals surface area contributed by atoms with Crippen molar-refractivity contribution in [3.63, 3.8) is 0 Å². The lowest BCUT2D eigenvalue weighted by molar-refractivity contribution is 0.144. The maximum atomic E-state index is 12.8. The van der Waals surface area contributed by atoms with E-state index in [1.54, 1.807) is 12.4 Å². The number of aryl methyl sites for hydroxylation is 1. The van der Waals surface area contributed by atoms with Crippen LogP contribution in [0.1, 0.15) is 17.8 Å². The van der Waals surface area contributed by atoms with Gasteiger partial charge in [-0.25, -0.2) is 18.3 Å². The molecule has 3 heterocycles. The number of fused-ring (bicyclic) bond motifs is 1. The summed E-state index contributed by atoms with van der Waals surface area (Å²) < 4.78 is 27.7. The minimum atomic E-state index is -2.61. The summed E-state index contributed by atoms with van der Waals surface area (Å²) in [6, 6.07) is 4.67. The van der Waals surface area contributed by atoms with Gasteiger partial charge in [0.1, 0.15) is 5.69 Å². The summed E-state index contributed by atoms with van der Waals surface area (Å²) >= 11 is 3.35. The molecule has 0 N–H and O–H groups in total. The van der Waals surface area contributed by atoms with Crippen molar-refractivity contribution in [3.05, 3.63) is 46.5 Å². The molecule has 0 saturated heterocycles. The van der Waals surface area contributed by atoms with Crippen LogP contribution in [0.3, 0.4) is 0 Å². The predicted octanol–water partition coefficient (Wildman–Crippen LogP) is 3.80. The Hall–Kier alpha value is -1.89. The molecule has 0 amide bonds. The minimum absolute atomic E-state index is 0.280. The largest absolute Gasteiger partial charge is 0.282 e. The summed E-state index contributed by atoms with van der Waals surface area (Å²) in [6.07, 6.45) is 0.671. The second-order valence-electron chi connectivity index (χ2n) is 4.26. The van der Waals surface area contributed by atoms with E-state index in [9.17, 15) is 8.78 Å². The van der Waals surface area contributed by atoms with Crippen LogP contribution >= 0.6 is 15.9 Å². The topological polar surface area (TPSA) is 43.1 Å². The molecule has 20 heavy (non-hydrogen) atoms. The number of hydrogen-bond acceptors (Lipinski definition) is 3. The summed E-state index contributed by atoms with van der Waals surface area (Å²) in [5.41, 5.74) is 2.44. The van der Waals surface area contributed by atoms with Crippen molar-refractivity contribution >= 4 is 21.6 Å². The zero-order valence-corrected chi connectivity index (χ0v) is 12.0. The molecule has 0 bridgehead atoms. The third-order valence-corrected chi connectivity index (χ3v) is 3.37. The van der Waals surface area contributed by atoms with Gasteiger partial charge in [0.25, 0.3) is 6.43 Å². The first kappa shape index (κ1) is 13.1. The lowest BCUT2D eigenvalue weighted by atomic mass is 10.1. The fourth-order valence-electron chi connectivity index (χ4n) is 1.95. The Labute approximate surface area is 121 Å². The molecule has 7 heteroatoms. The molecular formula is C13H9BrF2N4. The number of hydrogen-bond donors (Lipinski definition) is 0. The Balaban J connectivity index is 2.25. The number of alkyl halides is 2. The Morgan fingerprint density at radius 3 is 2.75 bits per heavy atom. The number of pyridine rings is 1.